The first-order valence-corrected chi connectivity index (χ1v) is 9.11. The van der Waals surface area contributed by atoms with Crippen LogP contribution in [0.4, 0.5) is 0 Å². The quantitative estimate of drug-likeness (QED) is 0.721. The third-order valence-corrected chi connectivity index (χ3v) is 5.04. The molecule has 0 N–H and O–H groups in total. The number of fused-ring (bicyclic) bond motifs is 1. The molecule has 138 valence electrons. The van der Waals surface area contributed by atoms with Crippen LogP contribution in [-0.2, 0) is 23.7 Å². The number of aryl methyl sites for hydroxylation is 1. The number of ether oxygens (including phenoxy) is 1. The number of hydrogen-bond acceptors (Lipinski definition) is 5. The summed E-state index contributed by atoms with van der Waals surface area (Å²) in [5.41, 5.74) is 3.12. The second-order valence-corrected chi connectivity index (χ2v) is 7.96. The van der Waals surface area contributed by atoms with E-state index in [4.69, 9.17) is 19.1 Å². The Bertz CT molecular complexity index is 906. The normalized spacial score (nSPS) is 19.3. The number of rotatable bonds is 3. The third kappa shape index (κ3) is 3.15. The van der Waals surface area contributed by atoms with Crippen molar-refractivity contribution in [1.82, 2.24) is 19.4 Å². The number of oxazole rings is 1. The smallest absolute Gasteiger partial charge is 0.214 e. The predicted molar refractivity (Wildman–Crippen MR) is 99.9 cm³/mol. The van der Waals surface area contributed by atoms with Gasteiger partial charge in [-0.05, 0) is 12.1 Å². The average Bonchev–Trinajstić information content (AvgIpc) is 3.22. The minimum absolute atomic E-state index is 0.0136. The number of para-hydroxylation sites is 2. The van der Waals surface area contributed by atoms with Gasteiger partial charge in [0.2, 0.25) is 5.89 Å². The largest absolute Gasteiger partial charge is 0.447 e. The van der Waals surface area contributed by atoms with E-state index < -0.39 is 0 Å². The van der Waals surface area contributed by atoms with Crippen molar-refractivity contribution in [3.63, 3.8) is 0 Å². The lowest BCUT2D eigenvalue weighted by atomic mass is 9.93. The van der Waals surface area contributed by atoms with Crippen LogP contribution in [0.5, 0.6) is 0 Å². The van der Waals surface area contributed by atoms with Crippen LogP contribution in [0.15, 0.2) is 34.9 Å². The third-order valence-electron chi connectivity index (χ3n) is 5.04. The number of aromatic nitrogens is 3. The summed E-state index contributed by atoms with van der Waals surface area (Å²) >= 11 is 0. The van der Waals surface area contributed by atoms with E-state index in [0.29, 0.717) is 13.2 Å². The first-order valence-electron chi connectivity index (χ1n) is 9.11. The van der Waals surface area contributed by atoms with Gasteiger partial charge in [0.15, 0.2) is 0 Å². The van der Waals surface area contributed by atoms with Gasteiger partial charge in [0.1, 0.15) is 18.1 Å². The molecule has 0 spiro atoms. The van der Waals surface area contributed by atoms with E-state index in [0.717, 1.165) is 41.5 Å². The molecule has 6 heteroatoms. The standard InChI is InChI=1S/C20H26N4O2/c1-20(2,3)17-13-26-19(22-17)16-12-25-10-9-24(16)11-18-21-14-7-5-6-8-15(14)23(18)4/h5-8,13,16H,9-12H2,1-4H3/t16-/m0/s1. The molecule has 4 rings (SSSR count). The molecular weight excluding hydrogens is 328 g/mol. The molecule has 1 aromatic carbocycles. The molecule has 0 saturated carbocycles. The Balaban J connectivity index is 1.61. The fraction of sp³-hybridized carbons (Fsp3) is 0.500. The molecule has 1 saturated heterocycles. The molecule has 26 heavy (non-hydrogen) atoms. The second kappa shape index (κ2) is 6.52. The Morgan fingerprint density at radius 1 is 1.19 bits per heavy atom. The Kier molecular flexibility index (Phi) is 4.32. The molecule has 0 aliphatic carbocycles. The van der Waals surface area contributed by atoms with Gasteiger partial charge < -0.3 is 13.7 Å². The van der Waals surface area contributed by atoms with Crippen molar-refractivity contribution in [1.29, 1.82) is 0 Å². The second-order valence-electron chi connectivity index (χ2n) is 7.96. The van der Waals surface area contributed by atoms with Crippen LogP contribution in [0.2, 0.25) is 0 Å². The van der Waals surface area contributed by atoms with Gasteiger partial charge in [-0.2, -0.15) is 0 Å². The molecule has 2 aromatic heterocycles. The van der Waals surface area contributed by atoms with Crippen molar-refractivity contribution in [3.8, 4) is 0 Å². The first kappa shape index (κ1) is 17.2. The maximum atomic E-state index is 5.83. The van der Waals surface area contributed by atoms with E-state index in [2.05, 4.69) is 49.4 Å². The highest BCUT2D eigenvalue weighted by Crippen LogP contribution is 2.29. The van der Waals surface area contributed by atoms with Gasteiger partial charge in [0.05, 0.1) is 36.5 Å². The van der Waals surface area contributed by atoms with E-state index in [-0.39, 0.29) is 11.5 Å². The molecule has 0 bridgehead atoms. The van der Waals surface area contributed by atoms with Crippen LogP contribution >= 0.6 is 0 Å². The summed E-state index contributed by atoms with van der Waals surface area (Å²) in [5, 5.41) is 0. The molecular formula is C20H26N4O2. The van der Waals surface area contributed by atoms with Crippen molar-refractivity contribution in [2.24, 2.45) is 7.05 Å². The summed E-state index contributed by atoms with van der Waals surface area (Å²) in [6.45, 7) is 9.31. The monoisotopic (exact) mass is 354 g/mol. The molecule has 0 amide bonds. The topological polar surface area (TPSA) is 56.3 Å². The molecule has 1 fully saturated rings. The molecule has 1 aliphatic rings. The van der Waals surface area contributed by atoms with Crippen LogP contribution in [0.25, 0.3) is 11.0 Å². The van der Waals surface area contributed by atoms with Gasteiger partial charge in [-0.3, -0.25) is 4.90 Å². The van der Waals surface area contributed by atoms with Crippen LogP contribution in [0.1, 0.15) is 44.2 Å². The van der Waals surface area contributed by atoms with Gasteiger partial charge in [-0.15, -0.1) is 0 Å². The van der Waals surface area contributed by atoms with Crippen molar-refractivity contribution >= 4 is 11.0 Å². The van der Waals surface area contributed by atoms with E-state index in [1.807, 2.05) is 12.1 Å². The van der Waals surface area contributed by atoms with Crippen molar-refractivity contribution in [2.45, 2.75) is 38.8 Å². The van der Waals surface area contributed by atoms with Gasteiger partial charge in [-0.25, -0.2) is 9.97 Å². The first-order chi connectivity index (χ1) is 12.4. The SMILES string of the molecule is Cn1c(CN2CCOC[C@H]2c2nc(C(C)(C)C)co2)nc2ccccc21. The summed E-state index contributed by atoms with van der Waals surface area (Å²) in [6.07, 6.45) is 1.77. The van der Waals surface area contributed by atoms with Crippen molar-refractivity contribution in [3.05, 3.63) is 47.9 Å². The Hall–Kier alpha value is -2.18. The van der Waals surface area contributed by atoms with E-state index in [9.17, 15) is 0 Å². The van der Waals surface area contributed by atoms with Crippen LogP contribution in [-0.4, -0.2) is 39.2 Å². The Morgan fingerprint density at radius 2 is 2.00 bits per heavy atom. The van der Waals surface area contributed by atoms with Gasteiger partial charge in [0, 0.05) is 19.0 Å². The number of imidazole rings is 1. The highest BCUT2D eigenvalue weighted by Gasteiger charge is 2.31. The molecule has 1 atom stereocenters. The van der Waals surface area contributed by atoms with Crippen molar-refractivity contribution in [2.75, 3.05) is 19.8 Å². The Morgan fingerprint density at radius 3 is 2.73 bits per heavy atom. The zero-order valence-electron chi connectivity index (χ0n) is 15.9. The lowest BCUT2D eigenvalue weighted by molar-refractivity contribution is -0.0236. The molecule has 0 unspecified atom stereocenters. The Labute approximate surface area is 153 Å². The lowest BCUT2D eigenvalue weighted by Crippen LogP contribution is -2.39. The zero-order chi connectivity index (χ0) is 18.3. The highest BCUT2D eigenvalue weighted by molar-refractivity contribution is 5.75. The zero-order valence-corrected chi connectivity index (χ0v) is 15.9. The van der Waals surface area contributed by atoms with E-state index in [1.54, 1.807) is 6.26 Å². The predicted octanol–water partition coefficient (Wildman–Crippen LogP) is 3.43. The van der Waals surface area contributed by atoms with Gasteiger partial charge in [-0.1, -0.05) is 32.9 Å². The summed E-state index contributed by atoms with van der Waals surface area (Å²) < 4.78 is 13.7. The van der Waals surface area contributed by atoms with Gasteiger partial charge in [0.25, 0.3) is 0 Å². The summed E-state index contributed by atoms with van der Waals surface area (Å²) in [7, 11) is 2.07. The summed E-state index contributed by atoms with van der Waals surface area (Å²) in [6, 6.07) is 8.24. The van der Waals surface area contributed by atoms with Crippen molar-refractivity contribution < 1.29 is 9.15 Å². The summed E-state index contributed by atoms with van der Waals surface area (Å²) in [4.78, 5) is 11.9. The number of benzene rings is 1. The minimum atomic E-state index is -0.0283. The van der Waals surface area contributed by atoms with Crippen LogP contribution < -0.4 is 0 Å². The number of morpholine rings is 1. The van der Waals surface area contributed by atoms with Gasteiger partial charge >= 0.3 is 0 Å². The minimum Gasteiger partial charge on any atom is -0.447 e. The van der Waals surface area contributed by atoms with E-state index in [1.165, 1.54) is 0 Å². The fourth-order valence-corrected chi connectivity index (χ4v) is 3.36. The lowest BCUT2D eigenvalue weighted by Gasteiger charge is -2.33. The van der Waals surface area contributed by atoms with E-state index >= 15 is 0 Å². The maximum absolute atomic E-state index is 5.83. The molecule has 3 heterocycles. The van der Waals surface area contributed by atoms with Crippen LogP contribution in [0, 0.1) is 0 Å². The molecule has 3 aromatic rings. The number of nitrogens with zero attached hydrogens (tertiary/aromatic N) is 4. The summed E-state index contributed by atoms with van der Waals surface area (Å²) in [5.74, 6) is 1.77. The van der Waals surface area contributed by atoms with Crippen LogP contribution in [0.3, 0.4) is 0 Å². The maximum Gasteiger partial charge on any atom is 0.214 e. The fourth-order valence-electron chi connectivity index (χ4n) is 3.36. The molecule has 1 aliphatic heterocycles. The molecule has 0 radical (unpaired) electrons. The molecule has 6 nitrogen and oxygen atoms in total. The highest BCUT2D eigenvalue weighted by atomic mass is 16.5. The average molecular weight is 354 g/mol. The number of hydrogen-bond donors (Lipinski definition) is 0.